The zero-order chi connectivity index (χ0) is 16.5. The van der Waals surface area contributed by atoms with Crippen LogP contribution in [-0.2, 0) is 16.1 Å². The first-order valence-electron chi connectivity index (χ1n) is 7.52. The fourth-order valence-electron chi connectivity index (χ4n) is 2.04. The maximum atomic E-state index is 12.2. The number of hydrogen-bond acceptors (Lipinski definition) is 4. The van der Waals surface area contributed by atoms with Crippen molar-refractivity contribution in [3.63, 3.8) is 0 Å². The van der Waals surface area contributed by atoms with Crippen LogP contribution in [0.1, 0.15) is 36.7 Å². The Balaban J connectivity index is 2.77. The minimum Gasteiger partial charge on any atom is -0.496 e. The van der Waals surface area contributed by atoms with Gasteiger partial charge < -0.3 is 19.5 Å². The monoisotopic (exact) mass is 309 g/mol. The summed E-state index contributed by atoms with van der Waals surface area (Å²) in [4.78, 5) is 12.2. The number of amides is 1. The molecular formula is C17H27NO4. The van der Waals surface area contributed by atoms with Crippen molar-refractivity contribution < 1.29 is 19.0 Å². The second kappa shape index (κ2) is 9.43. The average molecular weight is 309 g/mol. The van der Waals surface area contributed by atoms with Crippen LogP contribution in [0.15, 0.2) is 18.2 Å². The van der Waals surface area contributed by atoms with Gasteiger partial charge in [0.15, 0.2) is 0 Å². The first kappa shape index (κ1) is 18.5. The number of ether oxygens (including phenoxy) is 3. The van der Waals surface area contributed by atoms with Gasteiger partial charge >= 0.3 is 0 Å². The van der Waals surface area contributed by atoms with E-state index in [0.717, 1.165) is 11.3 Å². The Morgan fingerprint density at radius 3 is 2.50 bits per heavy atom. The molecule has 5 heteroatoms. The molecule has 0 saturated heterocycles. The van der Waals surface area contributed by atoms with Gasteiger partial charge in [-0.2, -0.15) is 0 Å². The van der Waals surface area contributed by atoms with Crippen molar-refractivity contribution in [3.05, 3.63) is 29.3 Å². The molecular weight excluding hydrogens is 282 g/mol. The molecule has 0 aliphatic heterocycles. The van der Waals surface area contributed by atoms with Crippen molar-refractivity contribution in [2.45, 2.75) is 33.4 Å². The third-order valence-corrected chi connectivity index (χ3v) is 3.05. The van der Waals surface area contributed by atoms with Crippen molar-refractivity contribution in [1.29, 1.82) is 0 Å². The Morgan fingerprint density at radius 1 is 1.18 bits per heavy atom. The van der Waals surface area contributed by atoms with Crippen molar-refractivity contribution in [2.24, 2.45) is 5.92 Å². The number of benzene rings is 1. The molecule has 0 aliphatic carbocycles. The average Bonchev–Trinajstić information content (AvgIpc) is 2.46. The fraction of sp³-hybridized carbons (Fsp3) is 0.588. The molecule has 1 aromatic carbocycles. The largest absolute Gasteiger partial charge is 0.496 e. The highest BCUT2D eigenvalue weighted by atomic mass is 16.5. The minimum atomic E-state index is -0.127. The lowest BCUT2D eigenvalue weighted by Crippen LogP contribution is -2.35. The summed E-state index contributed by atoms with van der Waals surface area (Å²) >= 11 is 0. The zero-order valence-electron chi connectivity index (χ0n) is 14.1. The minimum absolute atomic E-state index is 0.0414. The van der Waals surface area contributed by atoms with Gasteiger partial charge in [0.25, 0.3) is 5.91 Å². The standard InChI is InChI=1S/C17H27NO4/c1-12(2)9-22-11-15-8-14(6-7-16(15)21-5)17(19)18-13(3)10-20-4/h6-8,12-13H,9-11H2,1-5H3,(H,18,19)/t13-/m0/s1. The van der Waals surface area contributed by atoms with Crippen LogP contribution in [0, 0.1) is 5.92 Å². The van der Waals surface area contributed by atoms with Crippen molar-refractivity contribution in [1.82, 2.24) is 5.32 Å². The molecule has 0 aromatic heterocycles. The number of carbonyl (C=O) groups is 1. The number of hydrogen-bond donors (Lipinski definition) is 1. The van der Waals surface area contributed by atoms with Crippen LogP contribution in [0.3, 0.4) is 0 Å². The molecule has 5 nitrogen and oxygen atoms in total. The van der Waals surface area contributed by atoms with Crippen LogP contribution < -0.4 is 10.1 Å². The SMILES string of the molecule is COC[C@H](C)NC(=O)c1ccc(OC)c(COCC(C)C)c1. The molecule has 0 fully saturated rings. The van der Waals surface area contributed by atoms with E-state index < -0.39 is 0 Å². The van der Waals surface area contributed by atoms with Gasteiger partial charge in [0.05, 0.1) is 20.3 Å². The Morgan fingerprint density at radius 2 is 1.91 bits per heavy atom. The van der Waals surface area contributed by atoms with Gasteiger partial charge in [-0.1, -0.05) is 13.8 Å². The number of nitrogens with one attached hydrogen (secondary N) is 1. The van der Waals surface area contributed by atoms with Crippen molar-refractivity contribution in [3.8, 4) is 5.75 Å². The molecule has 0 radical (unpaired) electrons. The molecule has 1 rings (SSSR count). The molecule has 0 heterocycles. The van der Waals surface area contributed by atoms with Gasteiger partial charge in [-0.25, -0.2) is 0 Å². The van der Waals surface area contributed by atoms with E-state index in [-0.39, 0.29) is 11.9 Å². The smallest absolute Gasteiger partial charge is 0.251 e. The zero-order valence-corrected chi connectivity index (χ0v) is 14.1. The van der Waals surface area contributed by atoms with E-state index in [4.69, 9.17) is 14.2 Å². The summed E-state index contributed by atoms with van der Waals surface area (Å²) in [6, 6.07) is 5.32. The highest BCUT2D eigenvalue weighted by Crippen LogP contribution is 2.21. The van der Waals surface area contributed by atoms with E-state index >= 15 is 0 Å². The van der Waals surface area contributed by atoms with Crippen LogP contribution in [0.2, 0.25) is 0 Å². The first-order chi connectivity index (χ1) is 10.5. The topological polar surface area (TPSA) is 56.8 Å². The molecule has 1 aromatic rings. The first-order valence-corrected chi connectivity index (χ1v) is 7.52. The van der Waals surface area contributed by atoms with Gasteiger partial charge in [0.1, 0.15) is 5.75 Å². The van der Waals surface area contributed by atoms with Gasteiger partial charge in [0.2, 0.25) is 0 Å². The van der Waals surface area contributed by atoms with Gasteiger partial charge in [-0.3, -0.25) is 4.79 Å². The lowest BCUT2D eigenvalue weighted by atomic mass is 10.1. The van der Waals surface area contributed by atoms with Crippen LogP contribution in [0.25, 0.3) is 0 Å². The van der Waals surface area contributed by atoms with Crippen LogP contribution in [-0.4, -0.2) is 39.4 Å². The summed E-state index contributed by atoms with van der Waals surface area (Å²) in [5, 5.41) is 2.89. The maximum absolute atomic E-state index is 12.2. The molecule has 0 unspecified atom stereocenters. The quantitative estimate of drug-likeness (QED) is 0.762. The van der Waals surface area contributed by atoms with Crippen molar-refractivity contribution >= 4 is 5.91 Å². The fourth-order valence-corrected chi connectivity index (χ4v) is 2.04. The summed E-state index contributed by atoms with van der Waals surface area (Å²) in [6.45, 7) is 7.67. The highest BCUT2D eigenvalue weighted by molar-refractivity contribution is 5.94. The van der Waals surface area contributed by atoms with Crippen LogP contribution >= 0.6 is 0 Å². The van der Waals surface area contributed by atoms with E-state index in [0.29, 0.717) is 31.3 Å². The van der Waals surface area contributed by atoms with Gasteiger partial charge in [-0.15, -0.1) is 0 Å². The van der Waals surface area contributed by atoms with E-state index in [2.05, 4.69) is 19.2 Å². The van der Waals surface area contributed by atoms with Gasteiger partial charge in [0, 0.05) is 30.9 Å². The Kier molecular flexibility index (Phi) is 7.91. The molecule has 22 heavy (non-hydrogen) atoms. The summed E-state index contributed by atoms with van der Waals surface area (Å²) in [7, 11) is 3.22. The summed E-state index contributed by atoms with van der Waals surface area (Å²) in [6.07, 6.45) is 0. The third kappa shape index (κ3) is 6.03. The molecule has 0 aliphatic rings. The second-order valence-corrected chi connectivity index (χ2v) is 5.77. The Hall–Kier alpha value is -1.59. The third-order valence-electron chi connectivity index (χ3n) is 3.05. The summed E-state index contributed by atoms with van der Waals surface area (Å²) in [5.74, 6) is 1.06. The van der Waals surface area contributed by atoms with Gasteiger partial charge in [-0.05, 0) is 31.0 Å². The van der Waals surface area contributed by atoms with E-state index in [1.54, 1.807) is 26.4 Å². The molecule has 0 spiro atoms. The Labute approximate surface area is 132 Å². The lowest BCUT2D eigenvalue weighted by molar-refractivity contribution is 0.0901. The summed E-state index contributed by atoms with van der Waals surface area (Å²) in [5.41, 5.74) is 1.46. The van der Waals surface area contributed by atoms with Crippen LogP contribution in [0.5, 0.6) is 5.75 Å². The number of carbonyl (C=O) groups excluding carboxylic acids is 1. The van der Waals surface area contributed by atoms with E-state index in [1.165, 1.54) is 0 Å². The molecule has 124 valence electrons. The van der Waals surface area contributed by atoms with E-state index in [1.807, 2.05) is 13.0 Å². The van der Waals surface area contributed by atoms with Crippen LogP contribution in [0.4, 0.5) is 0 Å². The maximum Gasteiger partial charge on any atom is 0.251 e. The molecule has 0 bridgehead atoms. The molecule has 1 atom stereocenters. The molecule has 1 N–H and O–H groups in total. The molecule has 1 amide bonds. The lowest BCUT2D eigenvalue weighted by Gasteiger charge is -2.15. The normalized spacial score (nSPS) is 12.3. The highest BCUT2D eigenvalue weighted by Gasteiger charge is 2.13. The number of rotatable bonds is 9. The summed E-state index contributed by atoms with van der Waals surface area (Å²) < 4.78 is 16.0. The molecule has 0 saturated carbocycles. The number of methoxy groups -OCH3 is 2. The predicted molar refractivity (Wildman–Crippen MR) is 86.3 cm³/mol. The predicted octanol–water partition coefficient (Wildman–Crippen LogP) is 2.63. The van der Waals surface area contributed by atoms with E-state index in [9.17, 15) is 4.79 Å². The van der Waals surface area contributed by atoms with Crippen molar-refractivity contribution in [2.75, 3.05) is 27.4 Å². The Bertz CT molecular complexity index is 474. The second-order valence-electron chi connectivity index (χ2n) is 5.77.